The molecule has 1 fully saturated rings. The molecule has 1 atom stereocenters. The van der Waals surface area contributed by atoms with Gasteiger partial charge in [0.25, 0.3) is 0 Å². The Hall–Kier alpha value is -3.35. The lowest BCUT2D eigenvalue weighted by Crippen LogP contribution is -2.46. The molecule has 2 heterocycles. The van der Waals surface area contributed by atoms with Crippen LogP contribution in [0.3, 0.4) is 0 Å². The lowest BCUT2D eigenvalue weighted by Gasteiger charge is -2.24. The number of ether oxygens (including phenoxy) is 2. The first kappa shape index (κ1) is 22.8. The quantitative estimate of drug-likeness (QED) is 0.469. The van der Waals surface area contributed by atoms with Crippen LogP contribution in [-0.2, 0) is 14.6 Å². The molecular weight excluding hydrogens is 460 g/mol. The standard InChI is InChI=1S/C21H19F2N3O6S/c22-21(23)32-12-5-6-16-14(9-12)17(25-15-4-2-1-3-13(15)20(27)28)10-18(26-16)33(29,30)19-11-31-8-7-24-19/h1-6,9-10,19,21,24H,7-8,11H2,(H,25,26)(H,27,28). The first-order valence-corrected chi connectivity index (χ1v) is 11.3. The summed E-state index contributed by atoms with van der Waals surface area (Å²) in [7, 11) is -3.98. The number of halogens is 2. The molecular formula is C21H19F2N3O6S. The minimum Gasteiger partial charge on any atom is -0.478 e. The van der Waals surface area contributed by atoms with E-state index in [2.05, 4.69) is 20.4 Å². The van der Waals surface area contributed by atoms with Crippen LogP contribution in [0.5, 0.6) is 5.75 Å². The molecule has 2 aromatic carbocycles. The number of hydrogen-bond donors (Lipinski definition) is 3. The summed E-state index contributed by atoms with van der Waals surface area (Å²) in [5.74, 6) is -1.36. The second-order valence-corrected chi connectivity index (χ2v) is 9.18. The van der Waals surface area contributed by atoms with Crippen molar-refractivity contribution in [3.63, 3.8) is 0 Å². The number of carbonyl (C=O) groups is 1. The van der Waals surface area contributed by atoms with Gasteiger partial charge in [-0.3, -0.25) is 5.32 Å². The van der Waals surface area contributed by atoms with E-state index in [1.54, 1.807) is 12.1 Å². The minimum absolute atomic E-state index is 0.0609. The molecule has 1 saturated heterocycles. The maximum atomic E-state index is 13.2. The van der Waals surface area contributed by atoms with Crippen LogP contribution < -0.4 is 15.4 Å². The Kier molecular flexibility index (Phi) is 6.40. The summed E-state index contributed by atoms with van der Waals surface area (Å²) >= 11 is 0. The van der Waals surface area contributed by atoms with Gasteiger partial charge in [0, 0.05) is 11.9 Å². The van der Waals surface area contributed by atoms with Gasteiger partial charge >= 0.3 is 12.6 Å². The Bertz CT molecular complexity index is 1300. The molecule has 0 radical (unpaired) electrons. The Morgan fingerprint density at radius 1 is 1.21 bits per heavy atom. The average Bonchev–Trinajstić information content (AvgIpc) is 2.79. The van der Waals surface area contributed by atoms with Crippen LogP contribution in [0, 0.1) is 0 Å². The maximum absolute atomic E-state index is 13.2. The Labute approximate surface area is 187 Å². The number of anilines is 2. The predicted molar refractivity (Wildman–Crippen MR) is 115 cm³/mol. The molecule has 0 spiro atoms. The van der Waals surface area contributed by atoms with Crippen molar-refractivity contribution in [1.29, 1.82) is 0 Å². The highest BCUT2D eigenvalue weighted by molar-refractivity contribution is 7.92. The molecule has 3 aromatic rings. The first-order chi connectivity index (χ1) is 15.8. The number of aromatic carboxylic acids is 1. The zero-order chi connectivity index (χ0) is 23.6. The van der Waals surface area contributed by atoms with Crippen molar-refractivity contribution in [2.75, 3.05) is 25.1 Å². The van der Waals surface area contributed by atoms with Crippen LogP contribution in [0.1, 0.15) is 10.4 Å². The summed E-state index contributed by atoms with van der Waals surface area (Å²) in [6.07, 6.45) is 0. The van der Waals surface area contributed by atoms with Gasteiger partial charge < -0.3 is 19.9 Å². The molecule has 0 bridgehead atoms. The Morgan fingerprint density at radius 3 is 2.70 bits per heavy atom. The summed E-state index contributed by atoms with van der Waals surface area (Å²) in [6, 6.07) is 11.1. The number of nitrogens with zero attached hydrogens (tertiary/aromatic N) is 1. The number of nitrogens with one attached hydrogen (secondary N) is 2. The number of morpholine rings is 1. The molecule has 1 aromatic heterocycles. The summed E-state index contributed by atoms with van der Waals surface area (Å²) in [6.45, 7) is -2.39. The largest absolute Gasteiger partial charge is 0.478 e. The molecule has 0 aliphatic carbocycles. The normalized spacial score (nSPS) is 16.6. The fourth-order valence-electron chi connectivity index (χ4n) is 3.42. The number of carboxylic acid groups (broad SMARTS) is 1. The SMILES string of the molecule is O=C(O)c1ccccc1Nc1cc(S(=O)(=O)C2COCCN2)nc2ccc(OC(F)F)cc12. The summed E-state index contributed by atoms with van der Waals surface area (Å²) in [4.78, 5) is 15.8. The third-order valence-electron chi connectivity index (χ3n) is 4.96. The van der Waals surface area contributed by atoms with Crippen molar-refractivity contribution >= 4 is 38.1 Å². The van der Waals surface area contributed by atoms with Crippen molar-refractivity contribution in [3.8, 4) is 5.75 Å². The number of alkyl halides is 2. The van der Waals surface area contributed by atoms with Gasteiger partial charge in [0.1, 0.15) is 11.1 Å². The van der Waals surface area contributed by atoms with E-state index in [-0.39, 0.29) is 45.2 Å². The van der Waals surface area contributed by atoms with Crippen LogP contribution in [0.4, 0.5) is 20.2 Å². The summed E-state index contributed by atoms with van der Waals surface area (Å²) in [5.41, 5.74) is 0.461. The molecule has 9 nitrogen and oxygen atoms in total. The molecule has 0 amide bonds. The van der Waals surface area contributed by atoms with Crippen LogP contribution in [0.25, 0.3) is 10.9 Å². The highest BCUT2D eigenvalue weighted by atomic mass is 32.2. The second-order valence-electron chi connectivity index (χ2n) is 7.10. The second kappa shape index (κ2) is 9.25. The van der Waals surface area contributed by atoms with Gasteiger partial charge in [0.15, 0.2) is 5.03 Å². The van der Waals surface area contributed by atoms with Crippen molar-refractivity contribution in [2.45, 2.75) is 17.0 Å². The lowest BCUT2D eigenvalue weighted by atomic mass is 10.1. The number of para-hydroxylation sites is 1. The van der Waals surface area contributed by atoms with Crippen LogP contribution in [-0.4, -0.2) is 56.2 Å². The van der Waals surface area contributed by atoms with Gasteiger partial charge in [-0.05, 0) is 36.4 Å². The van der Waals surface area contributed by atoms with Crippen LogP contribution in [0.15, 0.2) is 53.6 Å². The van der Waals surface area contributed by atoms with Crippen LogP contribution >= 0.6 is 0 Å². The van der Waals surface area contributed by atoms with E-state index in [0.717, 1.165) is 0 Å². The predicted octanol–water partition coefficient (Wildman–Crippen LogP) is 3.00. The van der Waals surface area contributed by atoms with Gasteiger partial charge in [-0.15, -0.1) is 0 Å². The number of benzene rings is 2. The molecule has 4 rings (SSSR count). The molecule has 0 saturated carbocycles. The molecule has 3 N–H and O–H groups in total. The highest BCUT2D eigenvalue weighted by Crippen LogP contribution is 2.33. The zero-order valence-corrected chi connectivity index (χ0v) is 17.8. The average molecular weight is 479 g/mol. The topological polar surface area (TPSA) is 127 Å². The van der Waals surface area contributed by atoms with Crippen molar-refractivity contribution in [2.24, 2.45) is 0 Å². The van der Waals surface area contributed by atoms with Crippen molar-refractivity contribution in [1.82, 2.24) is 10.3 Å². The number of carboxylic acids is 1. The number of rotatable bonds is 7. The zero-order valence-electron chi connectivity index (χ0n) is 17.0. The van der Waals surface area contributed by atoms with Gasteiger partial charge in [-0.2, -0.15) is 8.78 Å². The van der Waals surface area contributed by atoms with E-state index in [4.69, 9.17) is 4.74 Å². The fraction of sp³-hybridized carbons (Fsp3) is 0.238. The number of pyridine rings is 1. The summed E-state index contributed by atoms with van der Waals surface area (Å²) in [5, 5.41) is 14.2. The first-order valence-electron chi connectivity index (χ1n) is 9.79. The van der Waals surface area contributed by atoms with E-state index in [1.165, 1.54) is 36.4 Å². The number of aromatic nitrogens is 1. The van der Waals surface area contributed by atoms with Crippen molar-refractivity contribution in [3.05, 3.63) is 54.1 Å². The monoisotopic (exact) mass is 479 g/mol. The molecule has 1 aliphatic rings. The summed E-state index contributed by atoms with van der Waals surface area (Å²) < 4.78 is 61.5. The highest BCUT2D eigenvalue weighted by Gasteiger charge is 2.31. The smallest absolute Gasteiger partial charge is 0.387 e. The Morgan fingerprint density at radius 2 is 2.00 bits per heavy atom. The number of sulfone groups is 1. The molecule has 33 heavy (non-hydrogen) atoms. The van der Waals surface area contributed by atoms with Crippen molar-refractivity contribution < 1.29 is 36.6 Å². The van der Waals surface area contributed by atoms with E-state index >= 15 is 0 Å². The Balaban J connectivity index is 1.86. The third kappa shape index (κ3) is 4.87. The number of fused-ring (bicyclic) bond motifs is 1. The van der Waals surface area contributed by atoms with E-state index in [9.17, 15) is 27.1 Å². The van der Waals surface area contributed by atoms with E-state index in [0.29, 0.717) is 13.2 Å². The number of hydrogen-bond acceptors (Lipinski definition) is 8. The molecule has 1 aliphatic heterocycles. The van der Waals surface area contributed by atoms with E-state index < -0.39 is 27.8 Å². The molecule has 174 valence electrons. The molecule has 12 heteroatoms. The van der Waals surface area contributed by atoms with E-state index in [1.807, 2.05) is 0 Å². The van der Waals surface area contributed by atoms with Crippen LogP contribution in [0.2, 0.25) is 0 Å². The lowest BCUT2D eigenvalue weighted by molar-refractivity contribution is -0.0497. The fourth-order valence-corrected chi connectivity index (χ4v) is 4.83. The third-order valence-corrected chi connectivity index (χ3v) is 6.81. The van der Waals surface area contributed by atoms with Gasteiger partial charge in [0.2, 0.25) is 9.84 Å². The van der Waals surface area contributed by atoms with Gasteiger partial charge in [0.05, 0.1) is 35.7 Å². The minimum atomic E-state index is -3.98. The maximum Gasteiger partial charge on any atom is 0.387 e. The van der Waals surface area contributed by atoms with Gasteiger partial charge in [-0.25, -0.2) is 18.2 Å². The molecule has 1 unspecified atom stereocenters. The van der Waals surface area contributed by atoms with Gasteiger partial charge in [-0.1, -0.05) is 12.1 Å².